The number of nitrogens with zero attached hydrogens (tertiary/aromatic N) is 3. The summed E-state index contributed by atoms with van der Waals surface area (Å²) in [6, 6.07) is 5.06. The van der Waals surface area contributed by atoms with Crippen molar-refractivity contribution in [3.63, 3.8) is 0 Å². The Labute approximate surface area is 208 Å². The van der Waals surface area contributed by atoms with E-state index in [0.29, 0.717) is 41.4 Å². The van der Waals surface area contributed by atoms with Gasteiger partial charge < -0.3 is 25.6 Å². The number of thiazole rings is 1. The number of amides is 2. The summed E-state index contributed by atoms with van der Waals surface area (Å²) in [5, 5.41) is 9.67. The van der Waals surface area contributed by atoms with Crippen molar-refractivity contribution < 1.29 is 27.5 Å². The molecule has 2 amide bonds. The van der Waals surface area contributed by atoms with Crippen molar-refractivity contribution in [2.75, 3.05) is 24.5 Å². The van der Waals surface area contributed by atoms with Gasteiger partial charge in [-0.05, 0) is 30.5 Å². The van der Waals surface area contributed by atoms with E-state index in [-0.39, 0.29) is 30.2 Å². The molecule has 0 spiro atoms. The second-order valence-electron chi connectivity index (χ2n) is 8.64. The van der Waals surface area contributed by atoms with Gasteiger partial charge in [0, 0.05) is 44.6 Å². The average molecular weight is 521 g/mol. The number of ether oxygens (including phenoxy) is 1. The van der Waals surface area contributed by atoms with Crippen molar-refractivity contribution >= 4 is 38.5 Å². The summed E-state index contributed by atoms with van der Waals surface area (Å²) < 4.78 is 41.6. The lowest BCUT2D eigenvalue weighted by molar-refractivity contribution is -0.274. The zero-order valence-corrected chi connectivity index (χ0v) is 19.8. The SMILES string of the molecule is O=C(NC1CC1)c1cncc2sc(N3CCN[C@@H](C(=O)NCc4ccc(OC(F)(F)F)cc4)C3)nc12. The Morgan fingerprint density at radius 3 is 2.69 bits per heavy atom. The van der Waals surface area contributed by atoms with E-state index in [0.717, 1.165) is 17.5 Å². The first-order valence-electron chi connectivity index (χ1n) is 11.4. The number of piperazine rings is 1. The molecular formula is C23H23F3N6O3S. The maximum atomic E-state index is 12.8. The number of carbonyl (C=O) groups excluding carboxylic acids is 2. The van der Waals surface area contributed by atoms with Crippen LogP contribution in [0.15, 0.2) is 36.7 Å². The summed E-state index contributed by atoms with van der Waals surface area (Å²) in [5.41, 5.74) is 1.68. The van der Waals surface area contributed by atoms with Crippen LogP contribution in [-0.2, 0) is 11.3 Å². The molecule has 1 saturated carbocycles. The van der Waals surface area contributed by atoms with E-state index in [1.807, 2.05) is 4.90 Å². The number of anilines is 1. The molecule has 1 atom stereocenters. The third-order valence-electron chi connectivity index (χ3n) is 5.84. The number of halogens is 3. The van der Waals surface area contributed by atoms with Gasteiger partial charge >= 0.3 is 6.36 Å². The van der Waals surface area contributed by atoms with Gasteiger partial charge in [-0.3, -0.25) is 14.6 Å². The van der Waals surface area contributed by atoms with Crippen LogP contribution in [0.4, 0.5) is 18.3 Å². The lowest BCUT2D eigenvalue weighted by Gasteiger charge is -2.32. The number of benzene rings is 1. The largest absolute Gasteiger partial charge is 0.573 e. The molecule has 36 heavy (non-hydrogen) atoms. The van der Waals surface area contributed by atoms with Gasteiger partial charge in [-0.1, -0.05) is 23.5 Å². The van der Waals surface area contributed by atoms with E-state index in [9.17, 15) is 22.8 Å². The van der Waals surface area contributed by atoms with Crippen LogP contribution in [0.1, 0.15) is 28.8 Å². The normalized spacial score (nSPS) is 18.2. The molecule has 9 nitrogen and oxygen atoms in total. The Kier molecular flexibility index (Phi) is 6.67. The first kappa shape index (κ1) is 24.3. The lowest BCUT2D eigenvalue weighted by atomic mass is 10.2. The number of pyridine rings is 1. The molecule has 2 aliphatic rings. The first-order chi connectivity index (χ1) is 17.2. The monoisotopic (exact) mass is 520 g/mol. The van der Waals surface area contributed by atoms with Gasteiger partial charge in [0.2, 0.25) is 5.91 Å². The van der Waals surface area contributed by atoms with Crippen LogP contribution >= 0.6 is 11.3 Å². The minimum Gasteiger partial charge on any atom is -0.406 e. The standard InChI is InChI=1S/C23H23F3N6O3S/c24-23(25,26)35-15-5-1-13(2-6-15)9-29-21(34)17-12-32(8-7-28-17)22-31-19-16(10-27-11-18(19)36-22)20(33)30-14-3-4-14/h1-2,5-6,10-11,14,17,28H,3-4,7-9,12H2,(H,29,34)(H,30,33)/t17-/m1/s1. The van der Waals surface area contributed by atoms with Crippen LogP contribution in [0.5, 0.6) is 5.75 Å². The van der Waals surface area contributed by atoms with E-state index in [2.05, 4.69) is 25.7 Å². The molecular weight excluding hydrogens is 497 g/mol. The van der Waals surface area contributed by atoms with Gasteiger partial charge in [0.1, 0.15) is 11.8 Å². The second kappa shape index (κ2) is 9.90. The summed E-state index contributed by atoms with van der Waals surface area (Å²) in [5.74, 6) is -0.730. The fourth-order valence-electron chi connectivity index (χ4n) is 3.85. The number of aromatic nitrogens is 2. The molecule has 1 aromatic carbocycles. The maximum absolute atomic E-state index is 12.8. The van der Waals surface area contributed by atoms with Gasteiger partial charge in [-0.2, -0.15) is 0 Å². The highest BCUT2D eigenvalue weighted by Gasteiger charge is 2.31. The predicted molar refractivity (Wildman–Crippen MR) is 127 cm³/mol. The number of nitrogens with one attached hydrogen (secondary N) is 3. The molecule has 3 N–H and O–H groups in total. The van der Waals surface area contributed by atoms with E-state index < -0.39 is 12.4 Å². The van der Waals surface area contributed by atoms with Crippen LogP contribution in [0.25, 0.3) is 10.2 Å². The molecule has 0 bridgehead atoms. The third-order valence-corrected chi connectivity index (χ3v) is 6.89. The Hall–Kier alpha value is -3.45. The number of hydrogen-bond acceptors (Lipinski definition) is 8. The van der Waals surface area contributed by atoms with E-state index in [1.165, 1.54) is 41.8 Å². The molecule has 0 radical (unpaired) electrons. The third kappa shape index (κ3) is 5.85. The van der Waals surface area contributed by atoms with Crippen LogP contribution in [0, 0.1) is 0 Å². The summed E-state index contributed by atoms with van der Waals surface area (Å²) in [7, 11) is 0. The summed E-state index contributed by atoms with van der Waals surface area (Å²) in [4.78, 5) is 36.2. The smallest absolute Gasteiger partial charge is 0.406 e. The van der Waals surface area contributed by atoms with Crippen molar-refractivity contribution in [2.45, 2.75) is 37.8 Å². The molecule has 1 aliphatic carbocycles. The molecule has 1 saturated heterocycles. The highest BCUT2D eigenvalue weighted by Crippen LogP contribution is 2.31. The number of alkyl halides is 3. The number of carbonyl (C=O) groups is 2. The second-order valence-corrected chi connectivity index (χ2v) is 9.65. The topological polar surface area (TPSA) is 108 Å². The van der Waals surface area contributed by atoms with E-state index in [1.54, 1.807) is 6.20 Å². The average Bonchev–Trinajstić information content (AvgIpc) is 3.55. The number of fused-ring (bicyclic) bond motifs is 1. The van der Waals surface area contributed by atoms with Crippen LogP contribution < -0.4 is 25.6 Å². The Morgan fingerprint density at radius 1 is 1.19 bits per heavy atom. The first-order valence-corrected chi connectivity index (χ1v) is 12.2. The summed E-state index contributed by atoms with van der Waals surface area (Å²) >= 11 is 1.42. The quantitative estimate of drug-likeness (QED) is 0.440. The minimum absolute atomic E-state index is 0.162. The summed E-state index contributed by atoms with van der Waals surface area (Å²) in [6.07, 6.45) is 0.429. The molecule has 2 fully saturated rings. The fraction of sp³-hybridized carbons (Fsp3) is 0.391. The molecule has 3 aromatic rings. The fourth-order valence-corrected chi connectivity index (χ4v) is 4.85. The van der Waals surface area contributed by atoms with Gasteiger partial charge in [0.25, 0.3) is 5.91 Å². The predicted octanol–water partition coefficient (Wildman–Crippen LogP) is 2.58. The van der Waals surface area contributed by atoms with Crippen LogP contribution in [-0.4, -0.2) is 59.9 Å². The highest BCUT2D eigenvalue weighted by atomic mass is 32.1. The molecule has 2 aromatic heterocycles. The van der Waals surface area contributed by atoms with E-state index in [4.69, 9.17) is 4.98 Å². The molecule has 190 valence electrons. The molecule has 13 heteroatoms. The molecule has 0 unspecified atom stereocenters. The van der Waals surface area contributed by atoms with Gasteiger partial charge in [0.05, 0.1) is 15.8 Å². The van der Waals surface area contributed by atoms with Crippen LogP contribution in [0.3, 0.4) is 0 Å². The minimum atomic E-state index is -4.75. The van der Waals surface area contributed by atoms with Gasteiger partial charge in [-0.25, -0.2) is 4.98 Å². The molecule has 5 rings (SSSR count). The van der Waals surface area contributed by atoms with Gasteiger partial charge in [0.15, 0.2) is 5.13 Å². The van der Waals surface area contributed by atoms with E-state index >= 15 is 0 Å². The lowest BCUT2D eigenvalue weighted by Crippen LogP contribution is -2.57. The molecule has 1 aliphatic heterocycles. The highest BCUT2D eigenvalue weighted by molar-refractivity contribution is 7.22. The van der Waals surface area contributed by atoms with Crippen molar-refractivity contribution in [2.24, 2.45) is 0 Å². The Balaban J connectivity index is 1.20. The van der Waals surface area contributed by atoms with Crippen LogP contribution in [0.2, 0.25) is 0 Å². The Bertz CT molecular complexity index is 1260. The molecule has 3 heterocycles. The van der Waals surface area contributed by atoms with Gasteiger partial charge in [-0.15, -0.1) is 13.2 Å². The van der Waals surface area contributed by atoms with Crippen molar-refractivity contribution in [1.82, 2.24) is 25.9 Å². The summed E-state index contributed by atoms with van der Waals surface area (Å²) in [6.45, 7) is 1.74. The zero-order valence-electron chi connectivity index (χ0n) is 19.0. The van der Waals surface area contributed by atoms with Crippen molar-refractivity contribution in [3.8, 4) is 5.75 Å². The maximum Gasteiger partial charge on any atom is 0.573 e. The zero-order chi connectivity index (χ0) is 25.3. The number of hydrogen-bond donors (Lipinski definition) is 3. The Morgan fingerprint density at radius 2 is 1.97 bits per heavy atom. The number of rotatable bonds is 7. The van der Waals surface area contributed by atoms with Crippen molar-refractivity contribution in [3.05, 3.63) is 47.8 Å². The van der Waals surface area contributed by atoms with Crippen molar-refractivity contribution in [1.29, 1.82) is 0 Å².